The number of aliphatic hydroxyl groups excluding tert-OH is 1. The summed E-state index contributed by atoms with van der Waals surface area (Å²) in [4.78, 5) is 22.9. The Morgan fingerprint density at radius 1 is 1.03 bits per heavy atom. The maximum absolute atomic E-state index is 12.1. The molecule has 9 atom stereocenters. The summed E-state index contributed by atoms with van der Waals surface area (Å²) < 4.78 is 5.65. The molecule has 5 nitrogen and oxygen atoms in total. The van der Waals surface area contributed by atoms with Crippen molar-refractivity contribution in [2.24, 2.45) is 46.3 Å². The molecule has 4 aliphatic rings. The minimum Gasteiger partial charge on any atom is -0.481 e. The van der Waals surface area contributed by atoms with Crippen molar-refractivity contribution in [3.8, 4) is 0 Å². The van der Waals surface area contributed by atoms with E-state index >= 15 is 0 Å². The van der Waals surface area contributed by atoms with Crippen LogP contribution in [0.4, 0.5) is 0 Å². The Balaban J connectivity index is 1.45. The molecule has 0 bridgehead atoms. The van der Waals surface area contributed by atoms with Crippen LogP contribution in [0.1, 0.15) is 112 Å². The fourth-order valence-electron chi connectivity index (χ4n) is 9.19. The molecule has 2 N–H and O–H groups in total. The molecule has 0 amide bonds. The highest BCUT2D eigenvalue weighted by Crippen LogP contribution is 2.67. The predicted octanol–water partition coefficient (Wildman–Crippen LogP) is 6.78. The normalized spacial score (nSPS) is 40.6. The number of hydrogen-bond donors (Lipinski definition) is 2. The number of aliphatic hydroxyl groups is 1. The number of carboxylic acid groups (broad SMARTS) is 1. The van der Waals surface area contributed by atoms with Gasteiger partial charge in [0.2, 0.25) is 0 Å². The van der Waals surface area contributed by atoms with E-state index in [-0.39, 0.29) is 24.4 Å². The maximum Gasteiger partial charge on any atom is 0.306 e. The first-order chi connectivity index (χ1) is 17.0. The van der Waals surface area contributed by atoms with Crippen LogP contribution in [0.3, 0.4) is 0 Å². The zero-order valence-electron chi connectivity index (χ0n) is 23.3. The molecule has 0 aromatic rings. The van der Waals surface area contributed by atoms with E-state index in [0.717, 1.165) is 30.6 Å². The first kappa shape index (κ1) is 27.7. The molecular formula is C31H50O5. The molecule has 204 valence electrons. The first-order valence-corrected chi connectivity index (χ1v) is 14.8. The summed E-state index contributed by atoms with van der Waals surface area (Å²) in [7, 11) is 0. The van der Waals surface area contributed by atoms with Gasteiger partial charge in [-0.1, -0.05) is 65.5 Å². The highest BCUT2D eigenvalue weighted by Gasteiger charge is 2.61. The van der Waals surface area contributed by atoms with Gasteiger partial charge in [0.15, 0.2) is 0 Å². The van der Waals surface area contributed by atoms with Gasteiger partial charge >= 0.3 is 11.9 Å². The lowest BCUT2D eigenvalue weighted by Gasteiger charge is -2.59. The molecule has 3 fully saturated rings. The highest BCUT2D eigenvalue weighted by molar-refractivity contribution is 5.76. The molecule has 0 aromatic carbocycles. The van der Waals surface area contributed by atoms with Crippen molar-refractivity contribution in [3.63, 3.8) is 0 Å². The van der Waals surface area contributed by atoms with Crippen LogP contribution in [0.2, 0.25) is 0 Å². The van der Waals surface area contributed by atoms with Crippen molar-refractivity contribution < 1.29 is 24.5 Å². The lowest BCUT2D eigenvalue weighted by Crippen LogP contribution is -2.55. The average Bonchev–Trinajstić information content (AvgIpc) is 3.15. The number of carbonyl (C=O) groups excluding carboxylic acids is 1. The molecule has 1 unspecified atom stereocenters. The van der Waals surface area contributed by atoms with Crippen molar-refractivity contribution in [3.05, 3.63) is 11.6 Å². The Bertz CT molecular complexity index is 848. The topological polar surface area (TPSA) is 83.8 Å². The SMILES string of the molecule is CC(C)CCC[C@@H](C)[C@H]1CC[C@H]2[C@@H]3C(O)C=C4C[C@@H](OC(=O)CCC(=O)O)CC[C@]4(C)[C@H]3CC[C@]12C. The van der Waals surface area contributed by atoms with E-state index in [1.165, 1.54) is 50.5 Å². The summed E-state index contributed by atoms with van der Waals surface area (Å²) in [5.41, 5.74) is 1.66. The van der Waals surface area contributed by atoms with Crippen molar-refractivity contribution in [2.75, 3.05) is 0 Å². The second-order valence-electron chi connectivity index (χ2n) is 13.7. The standard InChI is InChI=1S/C31H50O5/c1-19(2)7-6-8-20(3)23-9-10-24-29-25(14-16-31(23,24)5)30(4)15-13-22(17-21(30)18-26(29)32)36-28(35)12-11-27(33)34/h18-20,22-26,29,32H,6-17H2,1-5H3,(H,33,34)/t20-,22+,23-,24+,25+,26?,29+,30+,31-/m1/s1. The van der Waals surface area contributed by atoms with E-state index in [2.05, 4.69) is 40.7 Å². The van der Waals surface area contributed by atoms with Gasteiger partial charge < -0.3 is 14.9 Å². The molecule has 0 aromatic heterocycles. The number of rotatable bonds is 9. The third-order valence-corrected chi connectivity index (χ3v) is 11.1. The van der Waals surface area contributed by atoms with Gasteiger partial charge in [-0.05, 0) is 84.9 Å². The van der Waals surface area contributed by atoms with Crippen LogP contribution in [-0.2, 0) is 14.3 Å². The Morgan fingerprint density at radius 2 is 1.78 bits per heavy atom. The second kappa shape index (κ2) is 10.8. The molecule has 3 saturated carbocycles. The van der Waals surface area contributed by atoms with Gasteiger partial charge in [-0.2, -0.15) is 0 Å². The van der Waals surface area contributed by atoms with Crippen molar-refractivity contribution in [2.45, 2.75) is 124 Å². The molecule has 0 heterocycles. The Kier molecular flexibility index (Phi) is 8.29. The van der Waals surface area contributed by atoms with E-state index in [0.29, 0.717) is 29.6 Å². The van der Waals surface area contributed by atoms with Crippen molar-refractivity contribution >= 4 is 11.9 Å². The number of fused-ring (bicyclic) bond motifs is 5. The third kappa shape index (κ3) is 5.28. The fraction of sp³-hybridized carbons (Fsp3) is 0.871. The van der Waals surface area contributed by atoms with Gasteiger partial charge in [-0.25, -0.2) is 0 Å². The number of carbonyl (C=O) groups is 2. The largest absolute Gasteiger partial charge is 0.481 e. The predicted molar refractivity (Wildman–Crippen MR) is 141 cm³/mol. The zero-order valence-corrected chi connectivity index (χ0v) is 23.3. The average molecular weight is 503 g/mol. The van der Waals surface area contributed by atoms with E-state index < -0.39 is 18.0 Å². The molecule has 5 heteroatoms. The smallest absolute Gasteiger partial charge is 0.306 e. The maximum atomic E-state index is 12.1. The summed E-state index contributed by atoms with van der Waals surface area (Å²) in [6.07, 6.45) is 12.7. The minimum atomic E-state index is -0.976. The lowest BCUT2D eigenvalue weighted by molar-refractivity contribution is -0.154. The van der Waals surface area contributed by atoms with Crippen LogP contribution in [0, 0.1) is 46.3 Å². The van der Waals surface area contributed by atoms with Gasteiger partial charge in [0.25, 0.3) is 0 Å². The van der Waals surface area contributed by atoms with Crippen LogP contribution in [0.15, 0.2) is 11.6 Å². The summed E-state index contributed by atoms with van der Waals surface area (Å²) in [5, 5.41) is 20.3. The highest BCUT2D eigenvalue weighted by atomic mass is 16.5. The lowest BCUT2D eigenvalue weighted by atomic mass is 9.46. The van der Waals surface area contributed by atoms with Crippen molar-refractivity contribution in [1.82, 2.24) is 0 Å². The van der Waals surface area contributed by atoms with Gasteiger partial charge in [0.1, 0.15) is 6.10 Å². The number of aliphatic carboxylic acids is 1. The molecule has 0 radical (unpaired) electrons. The molecule has 0 saturated heterocycles. The van der Waals surface area contributed by atoms with E-state index in [1.807, 2.05) is 0 Å². The van der Waals surface area contributed by atoms with Crippen LogP contribution >= 0.6 is 0 Å². The Morgan fingerprint density at radius 3 is 2.47 bits per heavy atom. The first-order valence-electron chi connectivity index (χ1n) is 14.8. The van der Waals surface area contributed by atoms with Gasteiger partial charge in [-0.3, -0.25) is 9.59 Å². The summed E-state index contributed by atoms with van der Waals surface area (Å²) in [6.45, 7) is 12.1. The third-order valence-electron chi connectivity index (χ3n) is 11.1. The number of carboxylic acids is 1. The van der Waals surface area contributed by atoms with Gasteiger partial charge in [0.05, 0.1) is 18.9 Å². The zero-order chi connectivity index (χ0) is 26.3. The number of hydrogen-bond acceptors (Lipinski definition) is 4. The Hall–Kier alpha value is -1.36. The van der Waals surface area contributed by atoms with Crippen LogP contribution < -0.4 is 0 Å². The molecule has 0 spiro atoms. The molecule has 4 rings (SSSR count). The van der Waals surface area contributed by atoms with E-state index in [4.69, 9.17) is 9.84 Å². The van der Waals surface area contributed by atoms with Gasteiger partial charge in [-0.15, -0.1) is 0 Å². The van der Waals surface area contributed by atoms with E-state index in [9.17, 15) is 14.7 Å². The minimum absolute atomic E-state index is 0.0656. The summed E-state index contributed by atoms with van der Waals surface area (Å²) >= 11 is 0. The number of ether oxygens (including phenoxy) is 1. The quantitative estimate of drug-likeness (QED) is 0.268. The molecule has 36 heavy (non-hydrogen) atoms. The molecular weight excluding hydrogens is 452 g/mol. The molecule has 0 aliphatic heterocycles. The van der Waals surface area contributed by atoms with Crippen LogP contribution in [0.5, 0.6) is 0 Å². The van der Waals surface area contributed by atoms with Gasteiger partial charge in [0, 0.05) is 6.42 Å². The summed E-state index contributed by atoms with van der Waals surface area (Å²) in [5.74, 6) is 2.31. The molecule has 4 aliphatic carbocycles. The Labute approximate surface area is 218 Å². The van der Waals surface area contributed by atoms with Crippen LogP contribution in [-0.4, -0.2) is 34.4 Å². The van der Waals surface area contributed by atoms with Crippen molar-refractivity contribution in [1.29, 1.82) is 0 Å². The second-order valence-corrected chi connectivity index (χ2v) is 13.7. The fourth-order valence-corrected chi connectivity index (χ4v) is 9.19. The summed E-state index contributed by atoms with van der Waals surface area (Å²) in [6, 6.07) is 0. The monoisotopic (exact) mass is 502 g/mol. The van der Waals surface area contributed by atoms with Crippen LogP contribution in [0.25, 0.3) is 0 Å². The van der Waals surface area contributed by atoms with E-state index in [1.54, 1.807) is 0 Å². The number of esters is 1.